The highest BCUT2D eigenvalue weighted by atomic mass is 16.6. The fourth-order valence-corrected chi connectivity index (χ4v) is 3.60. The number of ether oxygens (including phenoxy) is 2. The molecule has 23 heavy (non-hydrogen) atoms. The van der Waals surface area contributed by atoms with E-state index in [1.807, 2.05) is 18.2 Å². The predicted molar refractivity (Wildman–Crippen MR) is 78.9 cm³/mol. The van der Waals surface area contributed by atoms with Crippen LogP contribution in [0.3, 0.4) is 0 Å². The summed E-state index contributed by atoms with van der Waals surface area (Å²) in [6.45, 7) is 1.95. The summed E-state index contributed by atoms with van der Waals surface area (Å²) >= 11 is 0. The first-order chi connectivity index (χ1) is 11.0. The van der Waals surface area contributed by atoms with Crippen molar-refractivity contribution in [3.05, 3.63) is 35.9 Å². The van der Waals surface area contributed by atoms with Crippen LogP contribution in [0.2, 0.25) is 0 Å². The molecule has 0 spiro atoms. The summed E-state index contributed by atoms with van der Waals surface area (Å²) in [6, 6.07) is 9.07. The molecule has 2 N–H and O–H groups in total. The molecule has 2 aliphatic carbocycles. The van der Waals surface area contributed by atoms with E-state index in [0.717, 1.165) is 5.56 Å². The van der Waals surface area contributed by atoms with Gasteiger partial charge in [-0.3, -0.25) is 4.79 Å². The van der Waals surface area contributed by atoms with Crippen molar-refractivity contribution in [2.75, 3.05) is 6.61 Å². The fraction of sp³-hybridized carbons (Fsp3) is 0.529. The molecule has 5 atom stereocenters. The van der Waals surface area contributed by atoms with Crippen LogP contribution in [0.5, 0.6) is 0 Å². The lowest BCUT2D eigenvalue weighted by molar-refractivity contribution is -0.182. The van der Waals surface area contributed by atoms with Crippen molar-refractivity contribution in [1.82, 2.24) is 0 Å². The van der Waals surface area contributed by atoms with Crippen molar-refractivity contribution in [2.24, 2.45) is 17.8 Å². The second-order valence-electron chi connectivity index (χ2n) is 6.11. The number of carbonyl (C=O) groups excluding carboxylic acids is 2. The molecular formula is C17H20O6. The van der Waals surface area contributed by atoms with Gasteiger partial charge in [0.25, 0.3) is 0 Å². The Balaban J connectivity index is 1.67. The van der Waals surface area contributed by atoms with Crippen LogP contribution in [0.4, 0.5) is 0 Å². The van der Waals surface area contributed by atoms with Crippen LogP contribution in [0.15, 0.2) is 30.3 Å². The molecule has 2 aliphatic rings. The highest BCUT2D eigenvalue weighted by Crippen LogP contribution is 2.63. The van der Waals surface area contributed by atoms with Gasteiger partial charge in [0.05, 0.1) is 18.6 Å². The van der Waals surface area contributed by atoms with Crippen molar-refractivity contribution in [1.29, 1.82) is 0 Å². The zero-order valence-electron chi connectivity index (χ0n) is 12.8. The van der Waals surface area contributed by atoms with Gasteiger partial charge in [-0.15, -0.1) is 0 Å². The summed E-state index contributed by atoms with van der Waals surface area (Å²) in [6.07, 6.45) is -1.02. The van der Waals surface area contributed by atoms with Crippen molar-refractivity contribution >= 4 is 11.9 Å². The van der Waals surface area contributed by atoms with E-state index in [9.17, 15) is 19.8 Å². The first-order valence-electron chi connectivity index (χ1n) is 7.78. The van der Waals surface area contributed by atoms with E-state index in [1.54, 1.807) is 19.1 Å². The normalized spacial score (nSPS) is 34.6. The zero-order valence-corrected chi connectivity index (χ0v) is 12.8. The Morgan fingerprint density at radius 1 is 1.26 bits per heavy atom. The summed E-state index contributed by atoms with van der Waals surface area (Å²) < 4.78 is 10.1. The lowest BCUT2D eigenvalue weighted by atomic mass is 9.92. The van der Waals surface area contributed by atoms with E-state index >= 15 is 0 Å². The fourth-order valence-electron chi connectivity index (χ4n) is 3.60. The minimum absolute atomic E-state index is 0.0101. The van der Waals surface area contributed by atoms with Crippen molar-refractivity contribution in [3.8, 4) is 0 Å². The van der Waals surface area contributed by atoms with Crippen LogP contribution in [-0.2, 0) is 25.7 Å². The summed E-state index contributed by atoms with van der Waals surface area (Å²) in [7, 11) is 0. The third kappa shape index (κ3) is 2.62. The summed E-state index contributed by atoms with van der Waals surface area (Å²) in [5.74, 6) is -2.69. The van der Waals surface area contributed by atoms with Crippen LogP contribution in [0.1, 0.15) is 18.9 Å². The van der Waals surface area contributed by atoms with E-state index in [0.29, 0.717) is 0 Å². The predicted octanol–water partition coefficient (Wildman–Crippen LogP) is 0.651. The molecule has 2 saturated carbocycles. The van der Waals surface area contributed by atoms with Gasteiger partial charge in [-0.05, 0) is 24.8 Å². The number of fused-ring (bicyclic) bond motifs is 1. The van der Waals surface area contributed by atoms with Gasteiger partial charge in [-0.1, -0.05) is 30.3 Å². The Morgan fingerprint density at radius 3 is 2.61 bits per heavy atom. The van der Waals surface area contributed by atoms with E-state index in [1.165, 1.54) is 0 Å². The second-order valence-corrected chi connectivity index (χ2v) is 6.11. The number of benzene rings is 1. The Labute approximate surface area is 134 Å². The number of carbonyl (C=O) groups is 2. The standard InChI is InChI=1S/C17H20O6/c1-2-22-15(19)13-11-8-12(18)17(21,14(11)13)16(20)23-9-10-6-4-3-5-7-10/h3-7,11-14,18,21H,2,8-9H2,1H3/t11?,12-,13+,14-,17-/m1/s1. The maximum atomic E-state index is 12.3. The SMILES string of the molecule is CCOC(=O)[C@H]1C2C[C@@H](O)[C@](O)(C(=O)OCc3ccccc3)[C@H]21. The van der Waals surface area contributed by atoms with Crippen LogP contribution in [-0.4, -0.2) is 40.5 Å². The molecule has 6 heteroatoms. The first-order valence-corrected chi connectivity index (χ1v) is 7.78. The molecule has 0 saturated heterocycles. The number of rotatable bonds is 5. The molecule has 3 rings (SSSR count). The maximum absolute atomic E-state index is 12.3. The highest BCUT2D eigenvalue weighted by molar-refractivity contribution is 5.86. The van der Waals surface area contributed by atoms with Crippen molar-refractivity contribution in [2.45, 2.75) is 31.7 Å². The highest BCUT2D eigenvalue weighted by Gasteiger charge is 2.75. The van der Waals surface area contributed by atoms with Gasteiger partial charge >= 0.3 is 11.9 Å². The summed E-state index contributed by atoms with van der Waals surface area (Å²) in [4.78, 5) is 24.2. The first kappa shape index (κ1) is 16.0. The molecule has 0 aromatic heterocycles. The van der Waals surface area contributed by atoms with Crippen LogP contribution in [0.25, 0.3) is 0 Å². The minimum Gasteiger partial charge on any atom is -0.466 e. The lowest BCUT2D eigenvalue weighted by Crippen LogP contribution is -2.51. The molecular weight excluding hydrogens is 300 g/mol. The average molecular weight is 320 g/mol. The van der Waals surface area contributed by atoms with Gasteiger partial charge < -0.3 is 19.7 Å². The van der Waals surface area contributed by atoms with Gasteiger partial charge in [-0.25, -0.2) is 4.79 Å². The van der Waals surface area contributed by atoms with E-state index in [-0.39, 0.29) is 25.6 Å². The largest absolute Gasteiger partial charge is 0.466 e. The van der Waals surface area contributed by atoms with Gasteiger partial charge in [0, 0.05) is 5.92 Å². The number of hydrogen-bond donors (Lipinski definition) is 2. The summed E-state index contributed by atoms with van der Waals surface area (Å²) in [5, 5.41) is 20.7. The third-order valence-electron chi connectivity index (χ3n) is 4.78. The Hall–Kier alpha value is -1.92. The molecule has 1 aromatic rings. The molecule has 0 aliphatic heterocycles. The molecule has 124 valence electrons. The summed E-state index contributed by atoms with van der Waals surface area (Å²) in [5.41, 5.74) is -1.25. The van der Waals surface area contributed by atoms with Crippen LogP contribution in [0, 0.1) is 17.8 Å². The van der Waals surface area contributed by atoms with Gasteiger partial charge in [0.15, 0.2) is 5.60 Å². The maximum Gasteiger partial charge on any atom is 0.341 e. The van der Waals surface area contributed by atoms with Gasteiger partial charge in [0.2, 0.25) is 0 Å². The number of aliphatic hydroxyl groups is 2. The van der Waals surface area contributed by atoms with E-state index in [2.05, 4.69) is 0 Å². The van der Waals surface area contributed by atoms with E-state index in [4.69, 9.17) is 9.47 Å². The topological polar surface area (TPSA) is 93.1 Å². The third-order valence-corrected chi connectivity index (χ3v) is 4.78. The quantitative estimate of drug-likeness (QED) is 0.774. The molecule has 0 amide bonds. The van der Waals surface area contributed by atoms with Crippen molar-refractivity contribution in [3.63, 3.8) is 0 Å². The van der Waals surface area contributed by atoms with Crippen LogP contribution >= 0.6 is 0 Å². The number of esters is 2. The Kier molecular flexibility index (Phi) is 4.12. The monoisotopic (exact) mass is 320 g/mol. The second kappa shape index (κ2) is 5.94. The van der Waals surface area contributed by atoms with Gasteiger partial charge in [0.1, 0.15) is 6.61 Å². The molecule has 1 unspecified atom stereocenters. The number of aliphatic hydroxyl groups excluding tert-OH is 1. The molecule has 0 bridgehead atoms. The molecule has 2 fully saturated rings. The zero-order chi connectivity index (χ0) is 16.6. The van der Waals surface area contributed by atoms with Gasteiger partial charge in [-0.2, -0.15) is 0 Å². The minimum atomic E-state index is -2.03. The molecule has 1 aromatic carbocycles. The smallest absolute Gasteiger partial charge is 0.341 e. The molecule has 6 nitrogen and oxygen atoms in total. The van der Waals surface area contributed by atoms with Crippen molar-refractivity contribution < 1.29 is 29.3 Å². The van der Waals surface area contributed by atoms with Crippen LogP contribution < -0.4 is 0 Å². The number of hydrogen-bond acceptors (Lipinski definition) is 6. The van der Waals surface area contributed by atoms with E-state index < -0.39 is 35.5 Å². The lowest BCUT2D eigenvalue weighted by Gasteiger charge is -2.28. The average Bonchev–Trinajstić information content (AvgIpc) is 3.20. The molecule has 0 radical (unpaired) electrons. The molecule has 0 heterocycles. The Bertz CT molecular complexity index is 600. The Morgan fingerprint density at radius 2 is 1.96 bits per heavy atom.